The van der Waals surface area contributed by atoms with Gasteiger partial charge in [-0.2, -0.15) is 0 Å². The molecule has 1 atom stereocenters. The zero-order chi connectivity index (χ0) is 12.6. The Labute approximate surface area is 96.3 Å². The van der Waals surface area contributed by atoms with Crippen LogP contribution >= 0.6 is 0 Å². The summed E-state index contributed by atoms with van der Waals surface area (Å²) in [6, 6.07) is -0.941. The molecule has 8 heteroatoms. The van der Waals surface area contributed by atoms with Crippen LogP contribution in [0.15, 0.2) is 0 Å². The van der Waals surface area contributed by atoms with Crippen LogP contribution in [-0.4, -0.2) is 49.4 Å². The van der Waals surface area contributed by atoms with Gasteiger partial charge in [0.05, 0.1) is 0 Å². The summed E-state index contributed by atoms with van der Waals surface area (Å²) in [6.45, 7) is 2.20. The van der Waals surface area contributed by atoms with Gasteiger partial charge < -0.3 is 20.7 Å². The Balaban J connectivity index is 3.69. The predicted molar refractivity (Wildman–Crippen MR) is 61.4 cm³/mol. The van der Waals surface area contributed by atoms with E-state index in [0.29, 0.717) is 19.4 Å². The summed E-state index contributed by atoms with van der Waals surface area (Å²) in [5, 5.41) is 22.6. The first-order chi connectivity index (χ1) is 7.43. The average molecular weight is 226 g/mol. The van der Waals surface area contributed by atoms with Gasteiger partial charge in [-0.05, 0) is 32.6 Å². The molecule has 1 amide bonds. The van der Waals surface area contributed by atoms with Crippen LogP contribution in [0, 0.1) is 0 Å². The molecule has 1 unspecified atom stereocenters. The number of carboxylic acid groups (broad SMARTS) is 1. The predicted octanol–water partition coefficient (Wildman–Crippen LogP) is -0.812. The minimum absolute atomic E-state index is 0.319. The lowest BCUT2D eigenvalue weighted by atomic mass is 9.89. The van der Waals surface area contributed by atoms with Crippen molar-refractivity contribution >= 4 is 26.7 Å². The van der Waals surface area contributed by atoms with Gasteiger partial charge in [-0.25, -0.2) is 4.79 Å². The molecular weight excluding hydrogens is 210 g/mol. The molecule has 16 heavy (non-hydrogen) atoms. The van der Waals surface area contributed by atoms with Crippen molar-refractivity contribution in [3.8, 4) is 0 Å². The number of unbranched alkanes of at least 4 members (excludes halogenated alkanes) is 1. The van der Waals surface area contributed by atoms with Crippen LogP contribution in [0.25, 0.3) is 0 Å². The number of nitrogens with one attached hydrogen (secondary N) is 2. The fourth-order valence-electron chi connectivity index (χ4n) is 1.21. The molecule has 2 radical (unpaired) electrons. The van der Waals surface area contributed by atoms with Crippen molar-refractivity contribution in [2.45, 2.75) is 32.1 Å². The Morgan fingerprint density at radius 2 is 2.06 bits per heavy atom. The number of carboxylic acids is 1. The zero-order valence-electron chi connectivity index (χ0n) is 9.27. The smallest absolute Gasteiger partial charge is 0.373 e. The number of hydrogen-bond donors (Lipinski definition) is 4. The molecule has 0 bridgehead atoms. The molecule has 0 rings (SSSR count). The summed E-state index contributed by atoms with van der Waals surface area (Å²) in [7, 11) is 4.27. The van der Waals surface area contributed by atoms with E-state index in [1.54, 1.807) is 6.82 Å². The number of amides is 1. The zero-order valence-corrected chi connectivity index (χ0v) is 9.27. The molecule has 0 saturated carbocycles. The Kier molecular flexibility index (Phi) is 7.66. The fraction of sp³-hybridized carbons (Fsp3) is 0.750. The molecule has 0 aliphatic rings. The molecule has 6 nitrogen and oxygen atoms in total. The molecule has 0 heterocycles. The number of hydrogen-bond acceptors (Lipinski definition) is 4. The van der Waals surface area contributed by atoms with Gasteiger partial charge in [0.15, 0.2) is 5.81 Å². The Hall–Kier alpha value is -1.01. The highest BCUT2D eigenvalue weighted by molar-refractivity contribution is 6.57. The SMILES string of the molecule is [B]C(=O)NC(CCCCNB(C)O)C(=O)O. The van der Waals surface area contributed by atoms with Crippen molar-refractivity contribution in [3.63, 3.8) is 0 Å². The van der Waals surface area contributed by atoms with Crippen LogP contribution in [0.2, 0.25) is 6.82 Å². The maximum absolute atomic E-state index is 10.7. The second-order valence-electron chi connectivity index (χ2n) is 3.53. The lowest BCUT2D eigenvalue weighted by Gasteiger charge is -2.13. The minimum Gasteiger partial charge on any atom is -0.480 e. The number of carbonyl (C=O) groups excluding carboxylic acids is 1. The molecule has 0 saturated heterocycles. The summed E-state index contributed by atoms with van der Waals surface area (Å²) < 4.78 is 0. The summed E-state index contributed by atoms with van der Waals surface area (Å²) >= 11 is 0. The fourth-order valence-corrected chi connectivity index (χ4v) is 1.21. The molecular formula is C8H16B2N2O4. The van der Waals surface area contributed by atoms with E-state index in [2.05, 4.69) is 10.5 Å². The van der Waals surface area contributed by atoms with Crippen LogP contribution in [-0.2, 0) is 4.79 Å². The van der Waals surface area contributed by atoms with Crippen molar-refractivity contribution in [2.24, 2.45) is 0 Å². The van der Waals surface area contributed by atoms with Crippen molar-refractivity contribution in [2.75, 3.05) is 6.54 Å². The molecule has 0 aromatic carbocycles. The van der Waals surface area contributed by atoms with Crippen molar-refractivity contribution < 1.29 is 19.7 Å². The molecule has 0 aromatic heterocycles. The van der Waals surface area contributed by atoms with Gasteiger partial charge in [0.2, 0.25) is 7.85 Å². The first-order valence-corrected chi connectivity index (χ1v) is 5.13. The molecule has 0 aliphatic heterocycles. The third-order valence-electron chi connectivity index (χ3n) is 1.97. The van der Waals surface area contributed by atoms with E-state index in [1.807, 2.05) is 0 Å². The molecule has 0 spiro atoms. The van der Waals surface area contributed by atoms with Gasteiger partial charge in [0.25, 0.3) is 0 Å². The van der Waals surface area contributed by atoms with Gasteiger partial charge in [-0.15, -0.1) is 0 Å². The van der Waals surface area contributed by atoms with E-state index in [0.717, 1.165) is 6.42 Å². The van der Waals surface area contributed by atoms with Crippen molar-refractivity contribution in [3.05, 3.63) is 0 Å². The van der Waals surface area contributed by atoms with Crippen LogP contribution in [0.3, 0.4) is 0 Å². The van der Waals surface area contributed by atoms with E-state index in [4.69, 9.17) is 18.0 Å². The van der Waals surface area contributed by atoms with Gasteiger partial charge >= 0.3 is 13.0 Å². The first-order valence-electron chi connectivity index (χ1n) is 5.13. The van der Waals surface area contributed by atoms with Gasteiger partial charge in [0, 0.05) is 0 Å². The van der Waals surface area contributed by atoms with Crippen LogP contribution in [0.1, 0.15) is 19.3 Å². The van der Waals surface area contributed by atoms with Crippen molar-refractivity contribution in [1.82, 2.24) is 10.5 Å². The van der Waals surface area contributed by atoms with E-state index >= 15 is 0 Å². The number of carbonyl (C=O) groups is 2. The Morgan fingerprint density at radius 1 is 1.44 bits per heavy atom. The topological polar surface area (TPSA) is 98.7 Å². The first kappa shape index (κ1) is 15.0. The maximum Gasteiger partial charge on any atom is 0.373 e. The highest BCUT2D eigenvalue weighted by Crippen LogP contribution is 2.01. The third-order valence-corrected chi connectivity index (χ3v) is 1.97. The third kappa shape index (κ3) is 8.31. The maximum atomic E-state index is 10.7. The summed E-state index contributed by atoms with van der Waals surface area (Å²) in [6.07, 6.45) is 1.66. The quantitative estimate of drug-likeness (QED) is 0.320. The molecule has 88 valence electrons. The monoisotopic (exact) mass is 226 g/mol. The number of aliphatic carboxylic acids is 1. The standard InChI is InChI=1S/C8H16B2N2O4/c1-10(16)11-5-3-2-4-6(7(13)14)12-8(9)15/h6,11,16H,2-5H2,1H3,(H,12,15)(H,13,14). The van der Waals surface area contributed by atoms with Crippen LogP contribution in [0.5, 0.6) is 0 Å². The second kappa shape index (κ2) is 8.18. The van der Waals surface area contributed by atoms with E-state index in [-0.39, 0.29) is 0 Å². The highest BCUT2D eigenvalue weighted by Gasteiger charge is 2.16. The summed E-state index contributed by atoms with van der Waals surface area (Å²) in [4.78, 5) is 21.2. The second-order valence-corrected chi connectivity index (χ2v) is 3.53. The normalized spacial score (nSPS) is 11.9. The van der Waals surface area contributed by atoms with Crippen molar-refractivity contribution in [1.29, 1.82) is 0 Å². The summed E-state index contributed by atoms with van der Waals surface area (Å²) in [5.74, 6) is -1.93. The molecule has 0 aromatic rings. The number of rotatable bonds is 8. The van der Waals surface area contributed by atoms with Gasteiger partial charge in [0.1, 0.15) is 6.04 Å². The molecule has 4 N–H and O–H groups in total. The Bertz CT molecular complexity index is 238. The van der Waals surface area contributed by atoms with E-state index in [9.17, 15) is 9.59 Å². The molecule has 0 fully saturated rings. The lowest BCUT2D eigenvalue weighted by Crippen LogP contribution is -2.40. The average Bonchev–Trinajstić information content (AvgIpc) is 2.14. The van der Waals surface area contributed by atoms with Crippen LogP contribution < -0.4 is 10.5 Å². The van der Waals surface area contributed by atoms with Crippen LogP contribution in [0.4, 0.5) is 4.79 Å². The largest absolute Gasteiger partial charge is 0.480 e. The van der Waals surface area contributed by atoms with E-state index in [1.165, 1.54) is 0 Å². The van der Waals surface area contributed by atoms with Gasteiger partial charge in [-0.3, -0.25) is 4.79 Å². The Morgan fingerprint density at radius 3 is 2.50 bits per heavy atom. The molecule has 0 aliphatic carbocycles. The van der Waals surface area contributed by atoms with E-state index < -0.39 is 24.9 Å². The van der Waals surface area contributed by atoms with Gasteiger partial charge in [-0.1, -0.05) is 0 Å². The highest BCUT2D eigenvalue weighted by atomic mass is 16.4. The lowest BCUT2D eigenvalue weighted by molar-refractivity contribution is -0.139. The summed E-state index contributed by atoms with van der Waals surface area (Å²) in [5.41, 5.74) is 0. The minimum atomic E-state index is -1.10.